The van der Waals surface area contributed by atoms with E-state index in [1.165, 1.54) is 34.3 Å². The van der Waals surface area contributed by atoms with E-state index in [0.717, 1.165) is 0 Å². The van der Waals surface area contributed by atoms with E-state index in [4.69, 9.17) is 23.4 Å². The fraction of sp³-hybridized carbons (Fsp3) is 0.200. The maximum Gasteiger partial charge on any atom is 0.336 e. The third kappa shape index (κ3) is 3.57. The molecule has 0 bridgehead atoms. The number of carbonyl (C=O) groups is 1. The molecule has 1 aromatic heterocycles. The molecule has 0 fully saturated rings. The fourth-order valence-electron chi connectivity index (χ4n) is 2.83. The highest BCUT2D eigenvalue weighted by Crippen LogP contribution is 2.40. The van der Waals surface area contributed by atoms with Crippen molar-refractivity contribution in [1.29, 1.82) is 0 Å². The van der Waals surface area contributed by atoms with Crippen molar-refractivity contribution in [2.24, 2.45) is 0 Å². The van der Waals surface area contributed by atoms with Crippen molar-refractivity contribution in [3.05, 3.63) is 46.8 Å². The highest BCUT2D eigenvalue weighted by molar-refractivity contribution is 5.99. The summed E-state index contributed by atoms with van der Waals surface area (Å²) < 4.78 is 26.5. The number of carbonyl (C=O) groups excluding carboxylic acids is 1. The highest BCUT2D eigenvalue weighted by atomic mass is 16.6. The van der Waals surface area contributed by atoms with Gasteiger partial charge in [-0.3, -0.25) is 4.79 Å². The van der Waals surface area contributed by atoms with Gasteiger partial charge in [0.25, 0.3) is 0 Å². The topological polar surface area (TPSA) is 84.2 Å². The Bertz CT molecular complexity index is 1070. The normalized spacial score (nSPS) is 10.5. The molecule has 0 spiro atoms. The second-order valence-corrected chi connectivity index (χ2v) is 5.64. The van der Waals surface area contributed by atoms with Gasteiger partial charge in [-0.1, -0.05) is 6.07 Å². The van der Waals surface area contributed by atoms with Crippen molar-refractivity contribution in [2.45, 2.75) is 6.92 Å². The van der Waals surface area contributed by atoms with Crippen LogP contribution in [0, 0.1) is 0 Å². The lowest BCUT2D eigenvalue weighted by atomic mass is 10.0. The van der Waals surface area contributed by atoms with Gasteiger partial charge in [0.2, 0.25) is 0 Å². The van der Waals surface area contributed by atoms with Gasteiger partial charge in [-0.25, -0.2) is 4.79 Å². The second-order valence-electron chi connectivity index (χ2n) is 5.64. The van der Waals surface area contributed by atoms with Gasteiger partial charge in [-0.2, -0.15) is 0 Å². The molecule has 7 heteroatoms. The van der Waals surface area contributed by atoms with Crippen LogP contribution in [0.4, 0.5) is 0 Å². The lowest BCUT2D eigenvalue weighted by molar-refractivity contribution is -0.132. The molecule has 0 atom stereocenters. The predicted octanol–water partition coefficient (Wildman–Crippen LogP) is 3.41. The highest BCUT2D eigenvalue weighted by Gasteiger charge is 2.17. The summed E-state index contributed by atoms with van der Waals surface area (Å²) in [5, 5.41) is 0.594. The van der Waals surface area contributed by atoms with Gasteiger partial charge in [-0.05, 0) is 17.7 Å². The number of ether oxygens (including phenoxy) is 4. The molecule has 27 heavy (non-hydrogen) atoms. The van der Waals surface area contributed by atoms with Crippen molar-refractivity contribution in [3.63, 3.8) is 0 Å². The average Bonchev–Trinajstić information content (AvgIpc) is 2.65. The minimum atomic E-state index is -0.530. The van der Waals surface area contributed by atoms with Gasteiger partial charge in [-0.15, -0.1) is 0 Å². The summed E-state index contributed by atoms with van der Waals surface area (Å²) >= 11 is 0. The smallest absolute Gasteiger partial charge is 0.336 e. The van der Waals surface area contributed by atoms with Gasteiger partial charge in [0, 0.05) is 30.7 Å². The third-order valence-electron chi connectivity index (χ3n) is 3.97. The summed E-state index contributed by atoms with van der Waals surface area (Å²) in [4.78, 5) is 23.5. The van der Waals surface area contributed by atoms with E-state index in [0.29, 0.717) is 39.3 Å². The maximum absolute atomic E-state index is 12.1. The van der Waals surface area contributed by atoms with E-state index in [1.54, 1.807) is 30.3 Å². The molecule has 0 unspecified atom stereocenters. The van der Waals surface area contributed by atoms with Crippen molar-refractivity contribution in [1.82, 2.24) is 0 Å². The first-order valence-corrected chi connectivity index (χ1v) is 8.03. The Balaban J connectivity index is 2.31. The van der Waals surface area contributed by atoms with Gasteiger partial charge >= 0.3 is 11.6 Å². The summed E-state index contributed by atoms with van der Waals surface area (Å²) in [5.74, 6) is 1.14. The number of esters is 1. The lowest BCUT2D eigenvalue weighted by Crippen LogP contribution is -2.04. The molecule has 1 heterocycles. The van der Waals surface area contributed by atoms with Crippen LogP contribution in [0.25, 0.3) is 22.1 Å². The summed E-state index contributed by atoms with van der Waals surface area (Å²) in [6.07, 6.45) is 0. The molecule has 2 aromatic carbocycles. The number of benzene rings is 2. The molecule has 0 radical (unpaired) electrons. The van der Waals surface area contributed by atoms with Crippen molar-refractivity contribution in [2.75, 3.05) is 21.3 Å². The van der Waals surface area contributed by atoms with Crippen LogP contribution in [0.2, 0.25) is 0 Å². The van der Waals surface area contributed by atoms with Crippen LogP contribution in [-0.2, 0) is 4.79 Å². The monoisotopic (exact) mass is 370 g/mol. The molecule has 0 saturated heterocycles. The Morgan fingerprint density at radius 1 is 0.889 bits per heavy atom. The number of fused-ring (bicyclic) bond motifs is 1. The minimum Gasteiger partial charge on any atom is -0.496 e. The van der Waals surface area contributed by atoms with Gasteiger partial charge < -0.3 is 23.4 Å². The lowest BCUT2D eigenvalue weighted by Gasteiger charge is -2.13. The van der Waals surface area contributed by atoms with E-state index >= 15 is 0 Å². The zero-order chi connectivity index (χ0) is 19.6. The zero-order valence-electron chi connectivity index (χ0n) is 15.3. The van der Waals surface area contributed by atoms with Crippen LogP contribution in [0.3, 0.4) is 0 Å². The predicted molar refractivity (Wildman–Crippen MR) is 98.9 cm³/mol. The fourth-order valence-corrected chi connectivity index (χ4v) is 2.83. The Labute approximate surface area is 155 Å². The number of rotatable bonds is 5. The molecule has 0 saturated carbocycles. The van der Waals surface area contributed by atoms with Crippen LogP contribution in [0.15, 0.2) is 45.6 Å². The molecular formula is C20H18O7. The van der Waals surface area contributed by atoms with E-state index < -0.39 is 11.6 Å². The summed E-state index contributed by atoms with van der Waals surface area (Å²) in [7, 11) is 4.50. The van der Waals surface area contributed by atoms with Crippen LogP contribution >= 0.6 is 0 Å². The molecule has 0 aliphatic rings. The number of hydrogen-bond donors (Lipinski definition) is 0. The first kappa shape index (κ1) is 18.3. The molecule has 7 nitrogen and oxygen atoms in total. The third-order valence-corrected chi connectivity index (χ3v) is 3.97. The Hall–Kier alpha value is -3.48. The summed E-state index contributed by atoms with van der Waals surface area (Å²) in [6.45, 7) is 1.30. The molecule has 3 rings (SSSR count). The largest absolute Gasteiger partial charge is 0.496 e. The van der Waals surface area contributed by atoms with E-state index in [-0.39, 0.29) is 5.75 Å². The summed E-state index contributed by atoms with van der Waals surface area (Å²) in [5.41, 5.74) is 0.987. The first-order chi connectivity index (χ1) is 13.0. The van der Waals surface area contributed by atoms with Crippen molar-refractivity contribution in [3.8, 4) is 34.1 Å². The standard InChI is InChI=1S/C20H18O7/c1-11(21)26-16-7-12(5-6-15(16)24-3)14-10-19(22)27-18-9-13(23-2)8-17(25-4)20(14)18/h5-10H,1-4H3. The van der Waals surface area contributed by atoms with Crippen molar-refractivity contribution < 1.29 is 28.2 Å². The number of methoxy groups -OCH3 is 3. The second kappa shape index (κ2) is 7.41. The van der Waals surface area contributed by atoms with Crippen LogP contribution in [-0.4, -0.2) is 27.3 Å². The van der Waals surface area contributed by atoms with Gasteiger partial charge in [0.05, 0.1) is 26.7 Å². The van der Waals surface area contributed by atoms with E-state index in [1.807, 2.05) is 0 Å². The zero-order valence-corrected chi connectivity index (χ0v) is 15.3. The molecule has 0 aliphatic carbocycles. The average molecular weight is 370 g/mol. The van der Waals surface area contributed by atoms with E-state index in [9.17, 15) is 9.59 Å². The Morgan fingerprint density at radius 3 is 2.26 bits per heavy atom. The van der Waals surface area contributed by atoms with Crippen LogP contribution < -0.4 is 24.6 Å². The van der Waals surface area contributed by atoms with Gasteiger partial charge in [0.15, 0.2) is 11.5 Å². The number of hydrogen-bond acceptors (Lipinski definition) is 7. The van der Waals surface area contributed by atoms with Gasteiger partial charge in [0.1, 0.15) is 17.1 Å². The molecule has 140 valence electrons. The Kier molecular flexibility index (Phi) is 5.03. The SMILES string of the molecule is COc1cc(OC)c2c(-c3ccc(OC)c(OC(C)=O)c3)cc(=O)oc2c1. The molecule has 0 N–H and O–H groups in total. The molecule has 3 aromatic rings. The maximum atomic E-state index is 12.1. The van der Waals surface area contributed by atoms with Crippen LogP contribution in [0.1, 0.15) is 6.92 Å². The summed E-state index contributed by atoms with van der Waals surface area (Å²) in [6, 6.07) is 9.70. The van der Waals surface area contributed by atoms with Crippen LogP contribution in [0.5, 0.6) is 23.0 Å². The minimum absolute atomic E-state index is 0.247. The van der Waals surface area contributed by atoms with Crippen molar-refractivity contribution >= 4 is 16.9 Å². The molecule has 0 amide bonds. The Morgan fingerprint density at radius 2 is 1.63 bits per heavy atom. The van der Waals surface area contributed by atoms with E-state index in [2.05, 4.69) is 0 Å². The molecular weight excluding hydrogens is 352 g/mol. The first-order valence-electron chi connectivity index (χ1n) is 8.03. The molecule has 0 aliphatic heterocycles. The quantitative estimate of drug-likeness (QED) is 0.386.